The molecule has 1 aromatic rings. The normalized spacial score (nSPS) is 13.2. The molecule has 65 valence electrons. The van der Waals surface area contributed by atoms with Gasteiger partial charge in [-0.15, -0.1) is 0 Å². The van der Waals surface area contributed by atoms with Crippen LogP contribution in [0.3, 0.4) is 0 Å². The van der Waals surface area contributed by atoms with E-state index in [9.17, 15) is 9.18 Å². The van der Waals surface area contributed by atoms with Gasteiger partial charge in [-0.3, -0.25) is 10.1 Å². The molecule has 0 fully saturated rings. The maximum Gasteiger partial charge on any atom is 0.250 e. The fraction of sp³-hybridized carbons (Fsp3) is 0. The van der Waals surface area contributed by atoms with Crippen molar-refractivity contribution in [2.75, 3.05) is 0 Å². The number of fused-ring (bicyclic) bond motifs is 1. The minimum atomic E-state index is -0.590. The monoisotopic (exact) mass is 177 g/mol. The van der Waals surface area contributed by atoms with Crippen molar-refractivity contribution in [2.24, 2.45) is 5.73 Å². The Labute approximate surface area is 74.0 Å². The van der Waals surface area contributed by atoms with E-state index < -0.39 is 11.7 Å². The summed E-state index contributed by atoms with van der Waals surface area (Å²) >= 11 is 0. The molecule has 1 radical (unpaired) electrons. The van der Waals surface area contributed by atoms with Crippen LogP contribution in [0.25, 0.3) is 5.57 Å². The molecular weight excluding hydrogens is 171 g/mol. The van der Waals surface area contributed by atoms with E-state index in [1.807, 2.05) is 0 Å². The van der Waals surface area contributed by atoms with Crippen LogP contribution in [0.5, 0.6) is 0 Å². The Bertz CT molecular complexity index is 412. The molecule has 0 atom stereocenters. The summed E-state index contributed by atoms with van der Waals surface area (Å²) in [5, 5.41) is 3.91. The topological polar surface area (TPSA) is 57.2 Å². The van der Waals surface area contributed by atoms with E-state index in [2.05, 4.69) is 5.32 Å². The SMILES string of the molecule is NC(=O)C1=C[N]c2ccc(F)cc21. The first-order valence-corrected chi connectivity index (χ1v) is 3.69. The lowest BCUT2D eigenvalue weighted by atomic mass is 10.1. The summed E-state index contributed by atoms with van der Waals surface area (Å²) in [5.74, 6) is -0.990. The zero-order valence-electron chi connectivity index (χ0n) is 6.62. The van der Waals surface area contributed by atoms with E-state index in [1.54, 1.807) is 0 Å². The van der Waals surface area contributed by atoms with Gasteiger partial charge in [-0.2, -0.15) is 0 Å². The van der Waals surface area contributed by atoms with Gasteiger partial charge in [0.2, 0.25) is 0 Å². The van der Waals surface area contributed by atoms with Gasteiger partial charge >= 0.3 is 0 Å². The van der Waals surface area contributed by atoms with Crippen LogP contribution >= 0.6 is 0 Å². The van der Waals surface area contributed by atoms with Crippen LogP contribution in [-0.2, 0) is 4.79 Å². The third kappa shape index (κ3) is 1.16. The van der Waals surface area contributed by atoms with Crippen molar-refractivity contribution in [1.82, 2.24) is 5.32 Å². The number of carbonyl (C=O) groups excluding carboxylic acids is 1. The number of nitrogens with two attached hydrogens (primary N) is 1. The molecule has 2 rings (SSSR count). The molecule has 0 bridgehead atoms. The maximum atomic E-state index is 12.8. The molecule has 1 aromatic carbocycles. The maximum absolute atomic E-state index is 12.8. The molecule has 0 aromatic heterocycles. The van der Waals surface area contributed by atoms with Gasteiger partial charge in [-0.25, -0.2) is 4.39 Å². The Morgan fingerprint density at radius 1 is 1.46 bits per heavy atom. The first-order valence-electron chi connectivity index (χ1n) is 3.69. The van der Waals surface area contributed by atoms with Gasteiger partial charge in [0.1, 0.15) is 5.82 Å². The molecule has 13 heavy (non-hydrogen) atoms. The van der Waals surface area contributed by atoms with Crippen molar-refractivity contribution in [3.63, 3.8) is 0 Å². The Hall–Kier alpha value is -1.84. The minimum Gasteiger partial charge on any atom is -0.366 e. The highest BCUT2D eigenvalue weighted by Gasteiger charge is 2.19. The van der Waals surface area contributed by atoms with Gasteiger partial charge in [0.15, 0.2) is 0 Å². The van der Waals surface area contributed by atoms with Crippen molar-refractivity contribution in [2.45, 2.75) is 0 Å². The van der Waals surface area contributed by atoms with Crippen molar-refractivity contribution in [3.8, 4) is 0 Å². The van der Waals surface area contributed by atoms with Crippen LogP contribution in [-0.4, -0.2) is 5.91 Å². The van der Waals surface area contributed by atoms with Gasteiger partial charge in [0.05, 0.1) is 11.3 Å². The number of primary amides is 1. The van der Waals surface area contributed by atoms with Crippen molar-refractivity contribution in [1.29, 1.82) is 0 Å². The third-order valence-electron chi connectivity index (χ3n) is 1.85. The van der Waals surface area contributed by atoms with Crippen LogP contribution < -0.4 is 11.1 Å². The van der Waals surface area contributed by atoms with Crippen LogP contribution in [0, 0.1) is 5.82 Å². The van der Waals surface area contributed by atoms with Gasteiger partial charge in [-0.1, -0.05) is 0 Å². The summed E-state index contributed by atoms with van der Waals surface area (Å²) in [5.41, 5.74) is 6.38. The fourth-order valence-electron chi connectivity index (χ4n) is 1.24. The fourth-order valence-corrected chi connectivity index (χ4v) is 1.24. The molecule has 0 saturated carbocycles. The Balaban J connectivity index is 2.54. The summed E-state index contributed by atoms with van der Waals surface area (Å²) in [6.45, 7) is 0. The molecule has 1 heterocycles. The van der Waals surface area contributed by atoms with Crippen molar-refractivity contribution in [3.05, 3.63) is 35.8 Å². The van der Waals surface area contributed by atoms with E-state index in [0.29, 0.717) is 11.3 Å². The van der Waals surface area contributed by atoms with Crippen LogP contribution in [0.4, 0.5) is 10.1 Å². The first-order chi connectivity index (χ1) is 6.18. The lowest BCUT2D eigenvalue weighted by Crippen LogP contribution is -2.11. The van der Waals surface area contributed by atoms with Crippen LogP contribution in [0.15, 0.2) is 24.4 Å². The van der Waals surface area contributed by atoms with E-state index in [-0.39, 0.29) is 5.57 Å². The smallest absolute Gasteiger partial charge is 0.250 e. The molecule has 1 aliphatic rings. The zero-order valence-corrected chi connectivity index (χ0v) is 6.62. The molecule has 0 spiro atoms. The molecule has 3 nitrogen and oxygen atoms in total. The quantitative estimate of drug-likeness (QED) is 0.680. The summed E-state index contributed by atoms with van der Waals surface area (Å²) in [7, 11) is 0. The molecule has 1 aliphatic heterocycles. The molecule has 4 heteroatoms. The third-order valence-corrected chi connectivity index (χ3v) is 1.85. The second-order valence-corrected chi connectivity index (χ2v) is 2.70. The lowest BCUT2D eigenvalue weighted by molar-refractivity contribution is -0.112. The molecule has 0 saturated heterocycles. The van der Waals surface area contributed by atoms with Gasteiger partial charge in [0, 0.05) is 11.8 Å². The second kappa shape index (κ2) is 2.58. The average molecular weight is 177 g/mol. The number of amides is 1. The second-order valence-electron chi connectivity index (χ2n) is 2.70. The highest BCUT2D eigenvalue weighted by Crippen LogP contribution is 2.30. The molecule has 1 amide bonds. The molecule has 2 N–H and O–H groups in total. The highest BCUT2D eigenvalue weighted by atomic mass is 19.1. The van der Waals surface area contributed by atoms with E-state index in [1.165, 1.54) is 24.4 Å². The number of hydrogen-bond donors (Lipinski definition) is 1. The standard InChI is InChI=1S/C9H6FN2O/c10-5-1-2-8-6(3-5)7(4-12-8)9(11)13/h1-4H,(H2,11,13). The Kier molecular flexibility index (Phi) is 1.55. The average Bonchev–Trinajstić information content (AvgIpc) is 2.46. The van der Waals surface area contributed by atoms with E-state index in [0.717, 1.165) is 0 Å². The van der Waals surface area contributed by atoms with Crippen molar-refractivity contribution < 1.29 is 9.18 Å². The Morgan fingerprint density at radius 3 is 2.92 bits per heavy atom. The largest absolute Gasteiger partial charge is 0.366 e. The number of carbonyl (C=O) groups is 1. The molecule has 0 aliphatic carbocycles. The number of hydrogen-bond acceptors (Lipinski definition) is 1. The predicted molar refractivity (Wildman–Crippen MR) is 45.4 cm³/mol. The minimum absolute atomic E-state index is 0.259. The van der Waals surface area contributed by atoms with Gasteiger partial charge < -0.3 is 5.73 Å². The molecular formula is C9H6FN2O. The highest BCUT2D eigenvalue weighted by molar-refractivity contribution is 6.21. The number of nitrogens with zero attached hydrogens (tertiary/aromatic N) is 1. The number of rotatable bonds is 1. The summed E-state index contributed by atoms with van der Waals surface area (Å²) in [6.07, 6.45) is 1.35. The lowest BCUT2D eigenvalue weighted by Gasteiger charge is -1.99. The zero-order chi connectivity index (χ0) is 9.42. The Morgan fingerprint density at radius 2 is 2.23 bits per heavy atom. The van der Waals surface area contributed by atoms with Crippen LogP contribution in [0.1, 0.15) is 5.56 Å². The van der Waals surface area contributed by atoms with Gasteiger partial charge in [0.25, 0.3) is 5.91 Å². The van der Waals surface area contributed by atoms with Crippen LogP contribution in [0.2, 0.25) is 0 Å². The summed E-state index contributed by atoms with van der Waals surface area (Å²) in [4.78, 5) is 10.8. The first kappa shape index (κ1) is 7.79. The number of benzene rings is 1. The predicted octanol–water partition coefficient (Wildman–Crippen LogP) is 0.901. The summed E-state index contributed by atoms with van der Waals surface area (Å²) in [6, 6.07) is 4.06. The molecule has 0 unspecified atom stereocenters. The van der Waals surface area contributed by atoms with E-state index >= 15 is 0 Å². The van der Waals surface area contributed by atoms with Gasteiger partial charge in [-0.05, 0) is 18.2 Å². The number of halogens is 1. The van der Waals surface area contributed by atoms with E-state index in [4.69, 9.17) is 5.73 Å². The van der Waals surface area contributed by atoms with Crippen molar-refractivity contribution >= 4 is 17.2 Å². The summed E-state index contributed by atoms with van der Waals surface area (Å²) < 4.78 is 12.8.